The summed E-state index contributed by atoms with van der Waals surface area (Å²) < 4.78 is 5.80. The zero-order chi connectivity index (χ0) is 11.6. The third-order valence-corrected chi connectivity index (χ3v) is 3.50. The molecule has 0 aromatic heterocycles. The largest absolute Gasteiger partial charge is 0.399 e. The van der Waals surface area contributed by atoms with E-state index in [0.29, 0.717) is 6.10 Å². The summed E-state index contributed by atoms with van der Waals surface area (Å²) in [7, 11) is 0. The summed E-state index contributed by atoms with van der Waals surface area (Å²) in [6, 6.07) is 8.27. The number of hydrogen-bond acceptors (Lipinski definition) is 2. The fourth-order valence-electron chi connectivity index (χ4n) is 2.31. The third kappa shape index (κ3) is 2.22. The maximum Gasteiger partial charge on any atom is 0.0566 e. The van der Waals surface area contributed by atoms with Crippen molar-refractivity contribution in [2.24, 2.45) is 0 Å². The van der Waals surface area contributed by atoms with Gasteiger partial charge in [-0.1, -0.05) is 18.6 Å². The van der Waals surface area contributed by atoms with Crippen LogP contribution in [0, 0.1) is 0 Å². The topological polar surface area (TPSA) is 35.2 Å². The second kappa shape index (κ2) is 4.46. The van der Waals surface area contributed by atoms with Crippen LogP contribution in [0.15, 0.2) is 24.3 Å². The van der Waals surface area contributed by atoms with Gasteiger partial charge in [0.2, 0.25) is 0 Å². The first-order valence-electron chi connectivity index (χ1n) is 6.10. The van der Waals surface area contributed by atoms with E-state index >= 15 is 0 Å². The van der Waals surface area contributed by atoms with Crippen molar-refractivity contribution in [3.05, 3.63) is 29.8 Å². The summed E-state index contributed by atoms with van der Waals surface area (Å²) in [5.41, 5.74) is 8.29. The standard InChI is InChI=1S/C14H21NO/c1-11(2)16-10-14(7-4-8-14)12-5-3-6-13(15)9-12/h3,5-6,9,11H,4,7-8,10,15H2,1-2H3. The molecule has 0 heterocycles. The Morgan fingerprint density at radius 1 is 1.38 bits per heavy atom. The zero-order valence-electron chi connectivity index (χ0n) is 10.2. The fourth-order valence-corrected chi connectivity index (χ4v) is 2.31. The Morgan fingerprint density at radius 2 is 2.12 bits per heavy atom. The van der Waals surface area contributed by atoms with Crippen LogP contribution < -0.4 is 5.73 Å². The molecule has 0 bridgehead atoms. The van der Waals surface area contributed by atoms with Crippen LogP contribution in [-0.2, 0) is 10.2 Å². The van der Waals surface area contributed by atoms with Crippen LogP contribution in [0.2, 0.25) is 0 Å². The Morgan fingerprint density at radius 3 is 2.62 bits per heavy atom. The predicted octanol–water partition coefficient (Wildman–Crippen LogP) is 3.12. The molecule has 2 rings (SSSR count). The second-order valence-corrected chi connectivity index (χ2v) is 5.12. The van der Waals surface area contributed by atoms with E-state index in [2.05, 4.69) is 26.0 Å². The molecule has 2 heteroatoms. The molecule has 1 aromatic rings. The number of ether oxygens (including phenoxy) is 1. The minimum absolute atomic E-state index is 0.236. The summed E-state index contributed by atoms with van der Waals surface area (Å²) in [5.74, 6) is 0. The number of rotatable bonds is 4. The van der Waals surface area contributed by atoms with Gasteiger partial charge in [0.15, 0.2) is 0 Å². The molecule has 2 N–H and O–H groups in total. The van der Waals surface area contributed by atoms with Crippen LogP contribution in [0.3, 0.4) is 0 Å². The highest BCUT2D eigenvalue weighted by Crippen LogP contribution is 2.44. The highest BCUT2D eigenvalue weighted by molar-refractivity contribution is 5.44. The average molecular weight is 219 g/mol. The van der Waals surface area contributed by atoms with Crippen molar-refractivity contribution < 1.29 is 4.74 Å². The molecule has 0 saturated heterocycles. The van der Waals surface area contributed by atoms with Crippen LogP contribution in [0.25, 0.3) is 0 Å². The van der Waals surface area contributed by atoms with Gasteiger partial charge in [-0.15, -0.1) is 0 Å². The molecule has 0 aliphatic heterocycles. The molecule has 0 atom stereocenters. The van der Waals surface area contributed by atoms with Crippen LogP contribution in [0.5, 0.6) is 0 Å². The van der Waals surface area contributed by atoms with E-state index in [1.165, 1.54) is 24.8 Å². The van der Waals surface area contributed by atoms with Gasteiger partial charge in [-0.05, 0) is 44.4 Å². The molecular formula is C14H21NO. The Balaban J connectivity index is 2.14. The first-order valence-corrected chi connectivity index (χ1v) is 6.10. The normalized spacial score (nSPS) is 18.4. The number of hydrogen-bond donors (Lipinski definition) is 1. The van der Waals surface area contributed by atoms with Crippen LogP contribution in [-0.4, -0.2) is 12.7 Å². The van der Waals surface area contributed by atoms with Gasteiger partial charge in [0.25, 0.3) is 0 Å². The molecule has 16 heavy (non-hydrogen) atoms. The number of benzene rings is 1. The third-order valence-electron chi connectivity index (χ3n) is 3.50. The molecule has 0 spiro atoms. The van der Waals surface area contributed by atoms with Gasteiger partial charge in [0.05, 0.1) is 12.7 Å². The Bertz CT molecular complexity index is 356. The van der Waals surface area contributed by atoms with E-state index in [1.807, 2.05) is 12.1 Å². The molecule has 2 nitrogen and oxygen atoms in total. The first-order chi connectivity index (χ1) is 7.62. The number of nitrogen functional groups attached to an aromatic ring is 1. The molecule has 1 saturated carbocycles. The molecule has 88 valence electrons. The van der Waals surface area contributed by atoms with Gasteiger partial charge in [-0.2, -0.15) is 0 Å². The van der Waals surface area contributed by atoms with Gasteiger partial charge >= 0.3 is 0 Å². The lowest BCUT2D eigenvalue weighted by Crippen LogP contribution is -2.39. The van der Waals surface area contributed by atoms with Crippen molar-refractivity contribution in [1.82, 2.24) is 0 Å². The van der Waals surface area contributed by atoms with Crippen LogP contribution in [0.1, 0.15) is 38.7 Å². The highest BCUT2D eigenvalue weighted by Gasteiger charge is 2.39. The fraction of sp³-hybridized carbons (Fsp3) is 0.571. The molecule has 0 unspecified atom stereocenters. The van der Waals surface area contributed by atoms with E-state index in [4.69, 9.17) is 10.5 Å². The maximum absolute atomic E-state index is 5.85. The Labute approximate surface area is 97.8 Å². The van der Waals surface area contributed by atoms with Crippen molar-refractivity contribution >= 4 is 5.69 Å². The molecule has 1 fully saturated rings. The van der Waals surface area contributed by atoms with Gasteiger partial charge in [0.1, 0.15) is 0 Å². The van der Waals surface area contributed by atoms with Crippen LogP contribution >= 0.6 is 0 Å². The van der Waals surface area contributed by atoms with Crippen molar-refractivity contribution in [3.8, 4) is 0 Å². The van der Waals surface area contributed by atoms with E-state index in [1.54, 1.807) is 0 Å². The lowest BCUT2D eigenvalue weighted by atomic mass is 9.65. The van der Waals surface area contributed by atoms with Gasteiger partial charge in [0, 0.05) is 11.1 Å². The monoisotopic (exact) mass is 219 g/mol. The van der Waals surface area contributed by atoms with E-state index in [9.17, 15) is 0 Å². The second-order valence-electron chi connectivity index (χ2n) is 5.12. The smallest absolute Gasteiger partial charge is 0.0566 e. The summed E-state index contributed by atoms with van der Waals surface area (Å²) >= 11 is 0. The van der Waals surface area contributed by atoms with Gasteiger partial charge in [-0.25, -0.2) is 0 Å². The van der Waals surface area contributed by atoms with Crippen LogP contribution in [0.4, 0.5) is 5.69 Å². The van der Waals surface area contributed by atoms with Crippen molar-refractivity contribution in [1.29, 1.82) is 0 Å². The van der Waals surface area contributed by atoms with Gasteiger partial charge < -0.3 is 10.5 Å². The highest BCUT2D eigenvalue weighted by atomic mass is 16.5. The summed E-state index contributed by atoms with van der Waals surface area (Å²) in [4.78, 5) is 0. The number of nitrogens with two attached hydrogens (primary N) is 1. The quantitative estimate of drug-likeness (QED) is 0.790. The predicted molar refractivity (Wildman–Crippen MR) is 67.5 cm³/mol. The molecular weight excluding hydrogens is 198 g/mol. The first kappa shape index (κ1) is 11.5. The summed E-state index contributed by atoms with van der Waals surface area (Å²) in [6.45, 7) is 5.01. The van der Waals surface area contributed by atoms with Crippen molar-refractivity contribution in [2.75, 3.05) is 12.3 Å². The van der Waals surface area contributed by atoms with Crippen molar-refractivity contribution in [3.63, 3.8) is 0 Å². The molecule has 0 amide bonds. The lowest BCUT2D eigenvalue weighted by molar-refractivity contribution is 0.00989. The Kier molecular flexibility index (Phi) is 3.20. The summed E-state index contributed by atoms with van der Waals surface area (Å²) in [5, 5.41) is 0. The lowest BCUT2D eigenvalue weighted by Gasteiger charge is -2.42. The maximum atomic E-state index is 5.85. The SMILES string of the molecule is CC(C)OCC1(c2cccc(N)c2)CCC1. The average Bonchev–Trinajstić information content (AvgIpc) is 2.15. The van der Waals surface area contributed by atoms with E-state index in [-0.39, 0.29) is 5.41 Å². The summed E-state index contributed by atoms with van der Waals surface area (Å²) in [6.07, 6.45) is 4.06. The van der Waals surface area contributed by atoms with Crippen molar-refractivity contribution in [2.45, 2.75) is 44.6 Å². The number of anilines is 1. The minimum Gasteiger partial charge on any atom is -0.399 e. The molecule has 1 aliphatic carbocycles. The van der Waals surface area contributed by atoms with E-state index < -0.39 is 0 Å². The zero-order valence-corrected chi connectivity index (χ0v) is 10.2. The molecule has 1 aliphatic rings. The molecule has 0 radical (unpaired) electrons. The van der Waals surface area contributed by atoms with E-state index in [0.717, 1.165) is 12.3 Å². The Hall–Kier alpha value is -1.02. The minimum atomic E-state index is 0.236. The van der Waals surface area contributed by atoms with Gasteiger partial charge in [-0.3, -0.25) is 0 Å². The molecule has 1 aromatic carbocycles.